The number of benzene rings is 1. The standard InChI is InChI=1S/C26H33N3O4/c1-17(30)21-16-28(4)14-18(11-12-25(32)33-6)20(21)13-24(31)26-22(15-27(2)3)19-9-7-8-10-23(19)29(26)5/h7-12,14,16,20,24,31H,13,15H2,1-6H3/b12-11+. The van der Waals surface area contributed by atoms with Crippen LogP contribution in [0.4, 0.5) is 0 Å². The van der Waals surface area contributed by atoms with Gasteiger partial charge in [0.15, 0.2) is 5.78 Å². The summed E-state index contributed by atoms with van der Waals surface area (Å²) in [4.78, 5) is 28.1. The Labute approximate surface area is 195 Å². The van der Waals surface area contributed by atoms with Gasteiger partial charge >= 0.3 is 5.97 Å². The number of hydrogen-bond acceptors (Lipinski definition) is 6. The third-order valence-corrected chi connectivity index (χ3v) is 6.00. The van der Waals surface area contributed by atoms with E-state index in [0.717, 1.165) is 27.7 Å². The third kappa shape index (κ3) is 5.26. The molecule has 0 saturated heterocycles. The highest BCUT2D eigenvalue weighted by Gasteiger charge is 2.31. The van der Waals surface area contributed by atoms with Gasteiger partial charge < -0.3 is 24.2 Å². The minimum absolute atomic E-state index is 0.0679. The minimum atomic E-state index is -0.816. The number of methoxy groups -OCH3 is 1. The smallest absolute Gasteiger partial charge is 0.330 e. The third-order valence-electron chi connectivity index (χ3n) is 6.00. The average Bonchev–Trinajstić information content (AvgIpc) is 3.04. The maximum absolute atomic E-state index is 12.5. The van der Waals surface area contributed by atoms with E-state index in [-0.39, 0.29) is 11.7 Å². The molecule has 176 valence electrons. The molecular weight excluding hydrogens is 418 g/mol. The molecule has 3 rings (SSSR count). The molecule has 1 aliphatic rings. The van der Waals surface area contributed by atoms with Crippen molar-refractivity contribution in [1.29, 1.82) is 0 Å². The van der Waals surface area contributed by atoms with Gasteiger partial charge in [-0.15, -0.1) is 0 Å². The van der Waals surface area contributed by atoms with E-state index in [1.807, 2.05) is 57.2 Å². The molecular formula is C26H33N3O4. The van der Waals surface area contributed by atoms with Gasteiger partial charge in [-0.2, -0.15) is 0 Å². The number of hydrogen-bond donors (Lipinski definition) is 1. The first-order valence-electron chi connectivity index (χ1n) is 10.9. The van der Waals surface area contributed by atoms with Crippen LogP contribution in [0, 0.1) is 5.92 Å². The highest BCUT2D eigenvalue weighted by atomic mass is 16.5. The zero-order valence-electron chi connectivity index (χ0n) is 20.2. The van der Waals surface area contributed by atoms with Gasteiger partial charge in [0.1, 0.15) is 0 Å². The molecule has 2 atom stereocenters. The molecule has 0 radical (unpaired) electrons. The van der Waals surface area contributed by atoms with Gasteiger partial charge in [0.05, 0.1) is 18.9 Å². The average molecular weight is 452 g/mol. The molecule has 2 unspecified atom stereocenters. The van der Waals surface area contributed by atoms with Gasteiger partial charge in [-0.25, -0.2) is 4.79 Å². The number of rotatable bonds is 8. The van der Waals surface area contributed by atoms with Crippen LogP contribution in [0.2, 0.25) is 0 Å². The Hall–Kier alpha value is -3.16. The Morgan fingerprint density at radius 3 is 2.55 bits per heavy atom. The SMILES string of the molecule is COC(=O)/C=C/C1=CN(C)C=C(C(C)=O)C1CC(O)c1c(CN(C)C)c2ccccc2n1C. The molecule has 0 fully saturated rings. The van der Waals surface area contributed by atoms with Crippen LogP contribution in [0.25, 0.3) is 10.9 Å². The lowest BCUT2D eigenvalue weighted by molar-refractivity contribution is -0.134. The number of aliphatic hydroxyl groups is 1. The second-order valence-corrected chi connectivity index (χ2v) is 8.77. The Morgan fingerprint density at radius 2 is 1.91 bits per heavy atom. The van der Waals surface area contributed by atoms with E-state index in [9.17, 15) is 14.7 Å². The predicted octanol–water partition coefficient (Wildman–Crippen LogP) is 3.31. The van der Waals surface area contributed by atoms with Crippen molar-refractivity contribution in [3.8, 4) is 0 Å². The number of aliphatic hydroxyl groups excluding tert-OH is 1. The predicted molar refractivity (Wildman–Crippen MR) is 129 cm³/mol. The molecule has 7 heteroatoms. The Bertz CT molecular complexity index is 1140. The molecule has 0 spiro atoms. The van der Waals surface area contributed by atoms with Gasteiger partial charge in [-0.05, 0) is 50.7 Å². The number of ketones is 1. The summed E-state index contributed by atoms with van der Waals surface area (Å²) in [5, 5.41) is 12.6. The molecule has 1 N–H and O–H groups in total. The van der Waals surface area contributed by atoms with Gasteiger partial charge in [-0.1, -0.05) is 18.2 Å². The van der Waals surface area contributed by atoms with Crippen molar-refractivity contribution in [2.75, 3.05) is 28.3 Å². The summed E-state index contributed by atoms with van der Waals surface area (Å²) in [6.07, 6.45) is 6.15. The summed E-state index contributed by atoms with van der Waals surface area (Å²) < 4.78 is 6.76. The molecule has 2 aromatic rings. The summed E-state index contributed by atoms with van der Waals surface area (Å²) in [6.45, 7) is 2.21. The topological polar surface area (TPSA) is 75.0 Å². The first-order valence-corrected chi connectivity index (χ1v) is 10.9. The van der Waals surface area contributed by atoms with E-state index in [2.05, 4.69) is 11.0 Å². The maximum Gasteiger partial charge on any atom is 0.330 e. The van der Waals surface area contributed by atoms with E-state index < -0.39 is 12.1 Å². The number of Topliss-reactive ketones (excluding diaryl/α,β-unsaturated/α-hetero) is 1. The Morgan fingerprint density at radius 1 is 1.21 bits per heavy atom. The van der Waals surface area contributed by atoms with Crippen LogP contribution in [-0.2, 0) is 27.9 Å². The second kappa shape index (κ2) is 10.2. The van der Waals surface area contributed by atoms with Crippen molar-refractivity contribution >= 4 is 22.7 Å². The van der Waals surface area contributed by atoms with Crippen LogP contribution in [0.15, 0.2) is 60.0 Å². The largest absolute Gasteiger partial charge is 0.466 e. The number of para-hydroxylation sites is 1. The Kier molecular flexibility index (Phi) is 7.56. The lowest BCUT2D eigenvalue weighted by Crippen LogP contribution is -2.25. The number of fused-ring (bicyclic) bond motifs is 1. The molecule has 0 aliphatic carbocycles. The van der Waals surface area contributed by atoms with Gasteiger partial charge in [0.2, 0.25) is 0 Å². The monoisotopic (exact) mass is 451 g/mol. The zero-order valence-corrected chi connectivity index (χ0v) is 20.2. The second-order valence-electron chi connectivity index (χ2n) is 8.77. The molecule has 0 amide bonds. The summed E-state index contributed by atoms with van der Waals surface area (Å²) in [7, 11) is 9.13. The lowest BCUT2D eigenvalue weighted by atomic mass is 9.82. The van der Waals surface area contributed by atoms with Crippen molar-refractivity contribution in [2.24, 2.45) is 13.0 Å². The van der Waals surface area contributed by atoms with Gasteiger partial charge in [0.25, 0.3) is 0 Å². The van der Waals surface area contributed by atoms with Crippen molar-refractivity contribution in [3.05, 3.63) is 71.2 Å². The number of nitrogens with zero attached hydrogens (tertiary/aromatic N) is 3. The number of carbonyl (C=O) groups is 2. The number of carbonyl (C=O) groups excluding carboxylic acids is 2. The van der Waals surface area contributed by atoms with Crippen molar-refractivity contribution in [2.45, 2.75) is 26.0 Å². The van der Waals surface area contributed by atoms with E-state index in [0.29, 0.717) is 18.5 Å². The lowest BCUT2D eigenvalue weighted by Gasteiger charge is -2.30. The van der Waals surface area contributed by atoms with E-state index in [1.165, 1.54) is 20.1 Å². The molecule has 7 nitrogen and oxygen atoms in total. The fraction of sp³-hybridized carbons (Fsp3) is 0.385. The number of aryl methyl sites for hydroxylation is 1. The first-order chi connectivity index (χ1) is 15.6. The maximum atomic E-state index is 12.5. The summed E-state index contributed by atoms with van der Waals surface area (Å²) in [5.74, 6) is -0.903. The normalized spacial score (nSPS) is 17.5. The van der Waals surface area contributed by atoms with Crippen LogP contribution in [0.3, 0.4) is 0 Å². The minimum Gasteiger partial charge on any atom is -0.466 e. The summed E-state index contributed by atoms with van der Waals surface area (Å²) in [6, 6.07) is 8.12. The number of aromatic nitrogens is 1. The number of allylic oxidation sites excluding steroid dienone is 3. The Balaban J connectivity index is 2.05. The van der Waals surface area contributed by atoms with E-state index >= 15 is 0 Å². The van der Waals surface area contributed by atoms with Gasteiger partial charge in [-0.3, -0.25) is 4.79 Å². The van der Waals surface area contributed by atoms with E-state index in [1.54, 1.807) is 17.2 Å². The molecule has 1 aromatic carbocycles. The van der Waals surface area contributed by atoms with Crippen molar-refractivity contribution in [1.82, 2.24) is 14.4 Å². The quantitative estimate of drug-likeness (QED) is 0.490. The molecule has 33 heavy (non-hydrogen) atoms. The fourth-order valence-corrected chi connectivity index (χ4v) is 4.58. The summed E-state index contributed by atoms with van der Waals surface area (Å²) in [5.41, 5.74) is 4.32. The highest BCUT2D eigenvalue weighted by molar-refractivity contribution is 5.95. The number of ether oxygens (including phenoxy) is 1. The van der Waals surface area contributed by atoms with Crippen LogP contribution < -0.4 is 0 Å². The van der Waals surface area contributed by atoms with Gasteiger partial charge in [0, 0.05) is 61.5 Å². The highest BCUT2D eigenvalue weighted by Crippen LogP contribution is 2.38. The molecule has 1 aromatic heterocycles. The summed E-state index contributed by atoms with van der Waals surface area (Å²) >= 11 is 0. The van der Waals surface area contributed by atoms with E-state index in [4.69, 9.17) is 4.74 Å². The molecule has 0 bridgehead atoms. The van der Waals surface area contributed by atoms with Crippen molar-refractivity contribution in [3.63, 3.8) is 0 Å². The fourth-order valence-electron chi connectivity index (χ4n) is 4.58. The van der Waals surface area contributed by atoms with Crippen LogP contribution in [-0.4, -0.2) is 59.5 Å². The number of esters is 1. The van der Waals surface area contributed by atoms with Crippen LogP contribution in [0.1, 0.15) is 30.7 Å². The zero-order chi connectivity index (χ0) is 24.3. The molecule has 0 saturated carbocycles. The molecule has 1 aliphatic heterocycles. The van der Waals surface area contributed by atoms with Crippen LogP contribution in [0.5, 0.6) is 0 Å². The molecule has 2 heterocycles. The first kappa shape index (κ1) is 24.5. The van der Waals surface area contributed by atoms with Crippen molar-refractivity contribution < 1.29 is 19.4 Å². The van der Waals surface area contributed by atoms with Crippen LogP contribution >= 0.6 is 0 Å².